The van der Waals surface area contributed by atoms with Crippen LogP contribution >= 0.6 is 11.3 Å². The molecular weight excluding hydrogens is 274 g/mol. The quantitative estimate of drug-likeness (QED) is 0.828. The molecule has 0 amide bonds. The number of carbonyl (C=O) groups is 1. The molecule has 2 aromatic heterocycles. The fourth-order valence-electron chi connectivity index (χ4n) is 1.77. The van der Waals surface area contributed by atoms with E-state index in [-0.39, 0.29) is 6.04 Å². The van der Waals surface area contributed by atoms with Gasteiger partial charge in [0, 0.05) is 4.88 Å². The average molecular weight is 291 g/mol. The molecule has 1 unspecified atom stereocenters. The predicted molar refractivity (Wildman–Crippen MR) is 81.0 cm³/mol. The first-order chi connectivity index (χ1) is 9.61. The van der Waals surface area contributed by atoms with Crippen LogP contribution < -0.4 is 11.1 Å². The molecule has 0 bridgehead atoms. The first kappa shape index (κ1) is 14.3. The van der Waals surface area contributed by atoms with Gasteiger partial charge in [-0.25, -0.2) is 9.78 Å². The number of aromatic nitrogens is 1. The molecule has 20 heavy (non-hydrogen) atoms. The van der Waals surface area contributed by atoms with Gasteiger partial charge in [-0.2, -0.15) is 0 Å². The summed E-state index contributed by atoms with van der Waals surface area (Å²) in [6.45, 7) is 4.09. The molecule has 0 aliphatic carbocycles. The summed E-state index contributed by atoms with van der Waals surface area (Å²) in [6.07, 6.45) is 1.52. The zero-order chi connectivity index (χ0) is 14.5. The second-order valence-corrected chi connectivity index (χ2v) is 5.25. The minimum Gasteiger partial charge on any atom is -0.462 e. The van der Waals surface area contributed by atoms with Gasteiger partial charge in [0.2, 0.25) is 0 Å². The van der Waals surface area contributed by atoms with E-state index < -0.39 is 5.97 Å². The third kappa shape index (κ3) is 3.27. The standard InChI is InChI=1S/C14H17N3O2S/c1-3-19-14(18)11-7-10(15)8-16-13(11)17-9(2)12-5-4-6-20-12/h4-9H,3,15H2,1-2H3,(H,16,17). The van der Waals surface area contributed by atoms with Gasteiger partial charge in [0.15, 0.2) is 0 Å². The van der Waals surface area contributed by atoms with E-state index in [1.807, 2.05) is 24.4 Å². The molecule has 0 saturated carbocycles. The van der Waals surface area contributed by atoms with Crippen LogP contribution in [0.3, 0.4) is 0 Å². The lowest BCUT2D eigenvalue weighted by molar-refractivity contribution is 0.0527. The number of nitrogens with one attached hydrogen (secondary N) is 1. The third-order valence-corrected chi connectivity index (χ3v) is 3.78. The fourth-order valence-corrected chi connectivity index (χ4v) is 2.51. The number of nitrogens with two attached hydrogens (primary N) is 1. The smallest absolute Gasteiger partial charge is 0.341 e. The van der Waals surface area contributed by atoms with Crippen LogP contribution in [0.2, 0.25) is 0 Å². The summed E-state index contributed by atoms with van der Waals surface area (Å²) in [5, 5.41) is 5.23. The van der Waals surface area contributed by atoms with Crippen LogP contribution in [0.25, 0.3) is 0 Å². The molecule has 0 aliphatic heterocycles. The number of nitrogens with zero attached hydrogens (tertiary/aromatic N) is 1. The van der Waals surface area contributed by atoms with E-state index in [1.54, 1.807) is 24.3 Å². The Morgan fingerprint density at radius 1 is 1.60 bits per heavy atom. The summed E-state index contributed by atoms with van der Waals surface area (Å²) in [7, 11) is 0. The van der Waals surface area contributed by atoms with Crippen molar-refractivity contribution in [2.45, 2.75) is 19.9 Å². The first-order valence-electron chi connectivity index (χ1n) is 6.34. The van der Waals surface area contributed by atoms with E-state index >= 15 is 0 Å². The fraction of sp³-hybridized carbons (Fsp3) is 0.286. The summed E-state index contributed by atoms with van der Waals surface area (Å²) >= 11 is 1.65. The van der Waals surface area contributed by atoms with Crippen LogP contribution in [0.4, 0.5) is 11.5 Å². The van der Waals surface area contributed by atoms with Gasteiger partial charge < -0.3 is 15.8 Å². The third-order valence-electron chi connectivity index (χ3n) is 2.73. The molecule has 0 spiro atoms. The number of pyridine rings is 1. The number of rotatable bonds is 5. The average Bonchev–Trinajstić information content (AvgIpc) is 2.95. The van der Waals surface area contributed by atoms with Crippen molar-refractivity contribution in [2.75, 3.05) is 17.7 Å². The normalized spacial score (nSPS) is 11.9. The second-order valence-electron chi connectivity index (χ2n) is 4.27. The van der Waals surface area contributed by atoms with Crippen molar-refractivity contribution in [3.05, 3.63) is 40.2 Å². The Bertz CT molecular complexity index is 584. The minimum absolute atomic E-state index is 0.0549. The van der Waals surface area contributed by atoms with E-state index in [0.717, 1.165) is 0 Å². The zero-order valence-electron chi connectivity index (χ0n) is 11.4. The van der Waals surface area contributed by atoms with Crippen LogP contribution in [0.1, 0.15) is 35.1 Å². The van der Waals surface area contributed by atoms with Gasteiger partial charge in [-0.1, -0.05) is 6.07 Å². The molecule has 106 valence electrons. The summed E-state index contributed by atoms with van der Waals surface area (Å²) in [5.41, 5.74) is 6.48. The number of anilines is 2. The molecule has 6 heteroatoms. The van der Waals surface area contributed by atoms with Crippen molar-refractivity contribution in [3.8, 4) is 0 Å². The van der Waals surface area contributed by atoms with E-state index in [4.69, 9.17) is 10.5 Å². The molecular formula is C14H17N3O2S. The molecule has 0 radical (unpaired) electrons. The number of carbonyl (C=O) groups excluding carboxylic acids is 1. The Labute approximate surface area is 121 Å². The lowest BCUT2D eigenvalue weighted by Crippen LogP contribution is -2.14. The number of esters is 1. The molecule has 1 atom stereocenters. The predicted octanol–water partition coefficient (Wildman–Crippen LogP) is 3.08. The summed E-state index contributed by atoms with van der Waals surface area (Å²) < 4.78 is 5.02. The molecule has 5 nitrogen and oxygen atoms in total. The maximum atomic E-state index is 11.9. The molecule has 2 rings (SSSR count). The Morgan fingerprint density at radius 2 is 2.40 bits per heavy atom. The number of hydrogen-bond donors (Lipinski definition) is 2. The molecule has 2 aromatic rings. The molecule has 0 saturated heterocycles. The Balaban J connectivity index is 2.24. The van der Waals surface area contributed by atoms with Gasteiger partial charge >= 0.3 is 5.97 Å². The molecule has 0 aliphatic rings. The Kier molecular flexibility index (Phi) is 4.57. The van der Waals surface area contributed by atoms with Gasteiger partial charge in [0.1, 0.15) is 11.4 Å². The first-order valence-corrected chi connectivity index (χ1v) is 7.22. The maximum absolute atomic E-state index is 11.9. The lowest BCUT2D eigenvalue weighted by atomic mass is 10.2. The minimum atomic E-state index is -0.423. The van der Waals surface area contributed by atoms with Crippen LogP contribution in [0.5, 0.6) is 0 Å². The van der Waals surface area contributed by atoms with Gasteiger partial charge in [-0.15, -0.1) is 11.3 Å². The van der Waals surface area contributed by atoms with E-state index in [2.05, 4.69) is 10.3 Å². The highest BCUT2D eigenvalue weighted by atomic mass is 32.1. The lowest BCUT2D eigenvalue weighted by Gasteiger charge is -2.15. The summed E-state index contributed by atoms with van der Waals surface area (Å²) in [4.78, 5) is 17.3. The number of hydrogen-bond acceptors (Lipinski definition) is 6. The Hall–Kier alpha value is -2.08. The van der Waals surface area contributed by atoms with Gasteiger partial charge in [-0.05, 0) is 31.4 Å². The highest BCUT2D eigenvalue weighted by Gasteiger charge is 2.17. The highest BCUT2D eigenvalue weighted by Crippen LogP contribution is 2.25. The topological polar surface area (TPSA) is 77.2 Å². The van der Waals surface area contributed by atoms with Crippen molar-refractivity contribution in [3.63, 3.8) is 0 Å². The monoisotopic (exact) mass is 291 g/mol. The van der Waals surface area contributed by atoms with Crippen LogP contribution in [0.15, 0.2) is 29.8 Å². The SMILES string of the molecule is CCOC(=O)c1cc(N)cnc1NC(C)c1cccs1. The van der Waals surface area contributed by atoms with Crippen molar-refractivity contribution in [2.24, 2.45) is 0 Å². The summed E-state index contributed by atoms with van der Waals surface area (Å²) in [5.74, 6) is 0.0618. The van der Waals surface area contributed by atoms with Crippen molar-refractivity contribution >= 4 is 28.8 Å². The summed E-state index contributed by atoms with van der Waals surface area (Å²) in [6, 6.07) is 5.65. The van der Waals surface area contributed by atoms with Crippen molar-refractivity contribution < 1.29 is 9.53 Å². The number of ether oxygens (including phenoxy) is 1. The van der Waals surface area contributed by atoms with Crippen LogP contribution in [0, 0.1) is 0 Å². The highest BCUT2D eigenvalue weighted by molar-refractivity contribution is 7.10. The van der Waals surface area contributed by atoms with Crippen LogP contribution in [-0.4, -0.2) is 17.6 Å². The maximum Gasteiger partial charge on any atom is 0.341 e. The van der Waals surface area contributed by atoms with Crippen LogP contribution in [-0.2, 0) is 4.74 Å². The zero-order valence-corrected chi connectivity index (χ0v) is 12.2. The van der Waals surface area contributed by atoms with E-state index in [1.165, 1.54) is 11.1 Å². The van der Waals surface area contributed by atoms with Gasteiger partial charge in [0.05, 0.1) is 24.5 Å². The number of thiophene rings is 1. The largest absolute Gasteiger partial charge is 0.462 e. The second kappa shape index (κ2) is 6.38. The van der Waals surface area contributed by atoms with Crippen molar-refractivity contribution in [1.29, 1.82) is 0 Å². The molecule has 3 N–H and O–H groups in total. The molecule has 0 aromatic carbocycles. The van der Waals surface area contributed by atoms with Crippen molar-refractivity contribution in [1.82, 2.24) is 4.98 Å². The van der Waals surface area contributed by atoms with Gasteiger partial charge in [0.25, 0.3) is 0 Å². The van der Waals surface area contributed by atoms with Gasteiger partial charge in [-0.3, -0.25) is 0 Å². The Morgan fingerprint density at radius 3 is 3.05 bits per heavy atom. The van der Waals surface area contributed by atoms with E-state index in [0.29, 0.717) is 23.7 Å². The number of nitrogen functional groups attached to an aromatic ring is 1. The van der Waals surface area contributed by atoms with E-state index in [9.17, 15) is 4.79 Å². The molecule has 0 fully saturated rings. The molecule has 2 heterocycles.